The van der Waals surface area contributed by atoms with E-state index >= 15 is 0 Å². The van der Waals surface area contributed by atoms with Crippen LogP contribution < -0.4 is 4.72 Å². The van der Waals surface area contributed by atoms with Gasteiger partial charge in [0.15, 0.2) is 0 Å². The van der Waals surface area contributed by atoms with Crippen molar-refractivity contribution >= 4 is 10.0 Å². The van der Waals surface area contributed by atoms with E-state index in [9.17, 15) is 8.42 Å². The van der Waals surface area contributed by atoms with E-state index < -0.39 is 20.3 Å². The SMILES string of the molecule is CCCCCC[C@@](CCCC)(NS(=O)(=O)C(C)(C)C)c1ccccc1. The van der Waals surface area contributed by atoms with E-state index in [1.54, 1.807) is 20.8 Å². The molecule has 0 unspecified atom stereocenters. The topological polar surface area (TPSA) is 46.2 Å². The summed E-state index contributed by atoms with van der Waals surface area (Å²) < 4.78 is 28.3. The third-order valence-electron chi connectivity index (χ3n) is 4.88. The van der Waals surface area contributed by atoms with Crippen LogP contribution in [-0.4, -0.2) is 13.2 Å². The molecule has 4 heteroatoms. The Kier molecular flexibility index (Phi) is 8.62. The minimum Gasteiger partial charge on any atom is -0.212 e. The molecule has 0 aliphatic rings. The lowest BCUT2D eigenvalue weighted by atomic mass is 9.81. The first-order chi connectivity index (χ1) is 11.7. The van der Waals surface area contributed by atoms with Gasteiger partial charge in [0.1, 0.15) is 0 Å². The minimum absolute atomic E-state index is 0.503. The van der Waals surface area contributed by atoms with E-state index in [0.717, 1.165) is 44.1 Å². The smallest absolute Gasteiger partial charge is 0.212 e. The average Bonchev–Trinajstić information content (AvgIpc) is 2.56. The Labute approximate surface area is 155 Å². The molecule has 1 aromatic rings. The Morgan fingerprint density at radius 2 is 1.40 bits per heavy atom. The molecule has 0 aliphatic carbocycles. The molecular formula is C21H37NO2S. The number of benzene rings is 1. The van der Waals surface area contributed by atoms with Crippen molar-refractivity contribution in [1.29, 1.82) is 0 Å². The van der Waals surface area contributed by atoms with Crippen LogP contribution in [0.3, 0.4) is 0 Å². The predicted octanol–water partition coefficient (Wildman–Crippen LogP) is 5.76. The summed E-state index contributed by atoms with van der Waals surface area (Å²) in [6, 6.07) is 10.1. The molecule has 1 N–H and O–H groups in total. The highest BCUT2D eigenvalue weighted by Gasteiger charge is 2.40. The first-order valence-electron chi connectivity index (χ1n) is 9.77. The largest absolute Gasteiger partial charge is 0.217 e. The van der Waals surface area contributed by atoms with E-state index in [0.29, 0.717) is 0 Å². The Balaban J connectivity index is 3.24. The number of sulfonamides is 1. The van der Waals surface area contributed by atoms with Crippen LogP contribution in [0.5, 0.6) is 0 Å². The van der Waals surface area contributed by atoms with Crippen LogP contribution in [0.4, 0.5) is 0 Å². The number of nitrogens with one attached hydrogen (secondary N) is 1. The standard InChI is InChI=1S/C21H37NO2S/c1-6-8-10-14-18-21(17-9-7-2,19-15-12-11-13-16-19)22-25(23,24)20(3,4)5/h11-13,15-16,22H,6-10,14,17-18H2,1-5H3/t21-/m1/s1. The fraction of sp³-hybridized carbons (Fsp3) is 0.714. The normalized spacial score (nSPS) is 15.1. The van der Waals surface area contributed by atoms with Crippen LogP contribution in [0.2, 0.25) is 0 Å². The quantitative estimate of drug-likeness (QED) is 0.505. The van der Waals surface area contributed by atoms with Gasteiger partial charge in [-0.3, -0.25) is 0 Å². The third-order valence-corrected chi connectivity index (χ3v) is 7.15. The van der Waals surface area contributed by atoms with Gasteiger partial charge < -0.3 is 0 Å². The molecule has 0 bridgehead atoms. The summed E-state index contributed by atoms with van der Waals surface area (Å²) in [4.78, 5) is 0. The second kappa shape index (κ2) is 9.72. The van der Waals surface area contributed by atoms with Gasteiger partial charge in [0.2, 0.25) is 10.0 Å². The molecule has 1 aromatic carbocycles. The molecule has 0 aliphatic heterocycles. The van der Waals surface area contributed by atoms with Gasteiger partial charge in [-0.25, -0.2) is 13.1 Å². The second-order valence-corrected chi connectivity index (χ2v) is 10.5. The molecule has 144 valence electrons. The van der Waals surface area contributed by atoms with E-state index in [1.807, 2.05) is 18.2 Å². The Hall–Kier alpha value is -0.870. The van der Waals surface area contributed by atoms with Crippen molar-refractivity contribution in [2.45, 2.75) is 96.3 Å². The van der Waals surface area contributed by atoms with Crippen molar-refractivity contribution in [3.8, 4) is 0 Å². The zero-order valence-electron chi connectivity index (χ0n) is 16.8. The minimum atomic E-state index is -3.43. The first-order valence-corrected chi connectivity index (χ1v) is 11.3. The summed E-state index contributed by atoms with van der Waals surface area (Å²) >= 11 is 0. The highest BCUT2D eigenvalue weighted by atomic mass is 32.2. The maximum atomic E-state index is 13.0. The number of unbranched alkanes of at least 4 members (excludes halogenated alkanes) is 4. The number of hydrogen-bond acceptors (Lipinski definition) is 2. The van der Waals surface area contributed by atoms with Crippen molar-refractivity contribution in [3.05, 3.63) is 35.9 Å². The molecule has 25 heavy (non-hydrogen) atoms. The fourth-order valence-electron chi connectivity index (χ4n) is 3.07. The van der Waals surface area contributed by atoms with Gasteiger partial charge in [-0.05, 0) is 39.2 Å². The van der Waals surface area contributed by atoms with E-state index in [2.05, 4.69) is 30.7 Å². The van der Waals surface area contributed by atoms with Crippen LogP contribution in [0, 0.1) is 0 Å². The molecule has 0 aromatic heterocycles. The average molecular weight is 368 g/mol. The predicted molar refractivity (Wildman–Crippen MR) is 108 cm³/mol. The van der Waals surface area contributed by atoms with E-state index in [4.69, 9.17) is 0 Å². The maximum Gasteiger partial charge on any atom is 0.217 e. The molecule has 3 nitrogen and oxygen atoms in total. The summed E-state index contributed by atoms with van der Waals surface area (Å²) in [7, 11) is -3.43. The lowest BCUT2D eigenvalue weighted by Gasteiger charge is -2.38. The molecular weight excluding hydrogens is 330 g/mol. The molecule has 0 spiro atoms. The van der Waals surface area contributed by atoms with Crippen molar-refractivity contribution in [2.75, 3.05) is 0 Å². The molecule has 0 saturated heterocycles. The second-order valence-electron chi connectivity index (χ2n) is 8.08. The summed E-state index contributed by atoms with van der Waals surface area (Å²) in [6.07, 6.45) is 8.33. The molecule has 1 rings (SSSR count). The summed E-state index contributed by atoms with van der Waals surface area (Å²) in [6.45, 7) is 9.65. The molecule has 0 amide bonds. The van der Waals surface area contributed by atoms with Gasteiger partial charge in [-0.1, -0.05) is 82.7 Å². The third kappa shape index (κ3) is 6.41. The highest BCUT2D eigenvalue weighted by Crippen LogP contribution is 2.35. The van der Waals surface area contributed by atoms with Gasteiger partial charge in [0, 0.05) is 0 Å². The maximum absolute atomic E-state index is 13.0. The van der Waals surface area contributed by atoms with Crippen LogP contribution in [-0.2, 0) is 15.6 Å². The van der Waals surface area contributed by atoms with Gasteiger partial charge in [-0.2, -0.15) is 0 Å². The summed E-state index contributed by atoms with van der Waals surface area (Å²) in [5.74, 6) is 0. The molecule has 0 heterocycles. The summed E-state index contributed by atoms with van der Waals surface area (Å²) in [5.41, 5.74) is 0.588. The van der Waals surface area contributed by atoms with Crippen molar-refractivity contribution in [1.82, 2.24) is 4.72 Å². The van der Waals surface area contributed by atoms with Gasteiger partial charge in [0.25, 0.3) is 0 Å². The molecule has 0 fully saturated rings. The fourth-order valence-corrected chi connectivity index (χ4v) is 4.22. The van der Waals surface area contributed by atoms with Crippen molar-refractivity contribution in [2.24, 2.45) is 0 Å². The molecule has 0 saturated carbocycles. The van der Waals surface area contributed by atoms with Gasteiger partial charge in [0.05, 0.1) is 10.3 Å². The van der Waals surface area contributed by atoms with Crippen molar-refractivity contribution < 1.29 is 8.42 Å². The van der Waals surface area contributed by atoms with E-state index in [1.165, 1.54) is 12.8 Å². The number of rotatable bonds is 11. The first kappa shape index (κ1) is 22.2. The Morgan fingerprint density at radius 1 is 0.840 bits per heavy atom. The number of hydrogen-bond donors (Lipinski definition) is 1. The lowest BCUT2D eigenvalue weighted by molar-refractivity contribution is 0.311. The van der Waals surface area contributed by atoms with Crippen LogP contribution >= 0.6 is 0 Å². The van der Waals surface area contributed by atoms with E-state index in [-0.39, 0.29) is 0 Å². The Bertz CT molecular complexity index is 590. The molecule has 1 atom stereocenters. The zero-order valence-corrected chi connectivity index (χ0v) is 17.6. The highest BCUT2D eigenvalue weighted by molar-refractivity contribution is 7.90. The zero-order chi connectivity index (χ0) is 19.0. The van der Waals surface area contributed by atoms with Crippen LogP contribution in [0.1, 0.15) is 91.5 Å². The monoisotopic (exact) mass is 367 g/mol. The summed E-state index contributed by atoms with van der Waals surface area (Å²) in [5, 5.41) is 0. The van der Waals surface area contributed by atoms with Crippen LogP contribution in [0.15, 0.2) is 30.3 Å². The van der Waals surface area contributed by atoms with Gasteiger partial charge in [-0.15, -0.1) is 0 Å². The lowest BCUT2D eigenvalue weighted by Crippen LogP contribution is -2.51. The molecule has 0 radical (unpaired) electrons. The van der Waals surface area contributed by atoms with Crippen LogP contribution in [0.25, 0.3) is 0 Å². The van der Waals surface area contributed by atoms with Gasteiger partial charge >= 0.3 is 0 Å². The Morgan fingerprint density at radius 3 is 1.92 bits per heavy atom. The van der Waals surface area contributed by atoms with Crippen molar-refractivity contribution in [3.63, 3.8) is 0 Å².